The number of ketones is 1. The number of aliphatic hydroxyl groups is 3. The zero-order valence-corrected chi connectivity index (χ0v) is 21.3. The molecule has 0 aliphatic heterocycles. The largest absolute Gasteiger partial charge is 0.447 e. The Balaban J connectivity index is 1.78. The summed E-state index contributed by atoms with van der Waals surface area (Å²) in [6.07, 6.45) is 4.73. The summed E-state index contributed by atoms with van der Waals surface area (Å²) in [5.74, 6) is -2.27. The third-order valence-corrected chi connectivity index (χ3v) is 9.29. The molecule has 3 aliphatic rings. The van der Waals surface area contributed by atoms with Crippen LogP contribution in [0.4, 0.5) is 0 Å². The van der Waals surface area contributed by atoms with Gasteiger partial charge in [0.05, 0.1) is 29.6 Å². The van der Waals surface area contributed by atoms with E-state index in [-0.39, 0.29) is 18.1 Å². The maximum absolute atomic E-state index is 14.5. The van der Waals surface area contributed by atoms with Gasteiger partial charge in [-0.2, -0.15) is 0 Å². The van der Waals surface area contributed by atoms with Gasteiger partial charge in [0.25, 0.3) is 0 Å². The first-order valence-electron chi connectivity index (χ1n) is 12.5. The Kier molecular flexibility index (Phi) is 6.40. The highest BCUT2D eigenvalue weighted by Crippen LogP contribution is 2.63. The predicted molar refractivity (Wildman–Crippen MR) is 133 cm³/mol. The maximum Gasteiger partial charge on any atom is 0.331 e. The minimum atomic E-state index is -1.64. The molecule has 0 bridgehead atoms. The topological polar surface area (TPSA) is 104 Å². The van der Waals surface area contributed by atoms with E-state index in [4.69, 9.17) is 4.74 Å². The maximum atomic E-state index is 14.5. The third-order valence-electron chi connectivity index (χ3n) is 9.29. The number of fused-ring (bicyclic) bond motifs is 2. The standard InChI is InChI=1S/C29H38O6/c1-18-17-29(35-21(31)12-11-19-9-7-6-8-10-19)22(23(18)32)24(33)27(4)14-13-20(30)26(2,3)15-16-28(27,5)25(29)34/h6-12,15-16,18,20,22-24,30,32-33H,13-14,17H2,1-5H3/b12-11+,16-15-/t18-,20+,22-,23+,24-,27+,28-,29-/m1/s1. The number of ether oxygens (including phenoxy) is 1. The lowest BCUT2D eigenvalue weighted by atomic mass is 9.47. The Morgan fingerprint density at radius 2 is 1.71 bits per heavy atom. The number of esters is 1. The Morgan fingerprint density at radius 1 is 1.06 bits per heavy atom. The van der Waals surface area contributed by atoms with Crippen LogP contribution >= 0.6 is 0 Å². The van der Waals surface area contributed by atoms with Crippen LogP contribution in [-0.2, 0) is 14.3 Å². The van der Waals surface area contributed by atoms with E-state index in [0.717, 1.165) is 5.56 Å². The normalized spacial score (nSPS) is 43.7. The van der Waals surface area contributed by atoms with Crippen molar-refractivity contribution in [3.63, 3.8) is 0 Å². The SMILES string of the molecule is C[C@@H]1C[C@]2(OC(=O)/C=C/c3ccccc3)C(=O)[C@@]3(C)/C=C\C(C)(C)[C@@H](O)CC[C@@]3(C)[C@H](O)[C@H]2[C@H]1O. The first-order valence-corrected chi connectivity index (χ1v) is 12.5. The highest BCUT2D eigenvalue weighted by molar-refractivity contribution is 5.99. The predicted octanol–water partition coefficient (Wildman–Crippen LogP) is 3.69. The number of benzene rings is 1. The monoisotopic (exact) mass is 482 g/mol. The number of carbonyl (C=O) groups excluding carboxylic acids is 2. The summed E-state index contributed by atoms with van der Waals surface area (Å²) in [6, 6.07) is 9.30. The Bertz CT molecular complexity index is 1040. The van der Waals surface area contributed by atoms with Crippen LogP contribution < -0.4 is 0 Å². The molecule has 3 N–H and O–H groups in total. The average Bonchev–Trinajstić information content (AvgIpc) is 3.07. The molecule has 4 rings (SSSR count). The first-order chi connectivity index (χ1) is 16.3. The van der Waals surface area contributed by atoms with Crippen LogP contribution in [0.2, 0.25) is 0 Å². The highest BCUT2D eigenvalue weighted by atomic mass is 16.6. The van der Waals surface area contributed by atoms with E-state index in [0.29, 0.717) is 12.8 Å². The number of allylic oxidation sites excluding steroid dienone is 1. The summed E-state index contributed by atoms with van der Waals surface area (Å²) in [7, 11) is 0. The van der Waals surface area contributed by atoms with Crippen LogP contribution in [0.3, 0.4) is 0 Å². The van der Waals surface area contributed by atoms with Gasteiger partial charge in [-0.3, -0.25) is 4.79 Å². The van der Waals surface area contributed by atoms with Crippen LogP contribution in [-0.4, -0.2) is 51.0 Å². The Morgan fingerprint density at radius 3 is 2.37 bits per heavy atom. The van der Waals surface area contributed by atoms with Crippen molar-refractivity contribution in [3.05, 3.63) is 54.1 Å². The molecule has 3 aliphatic carbocycles. The second-order valence-electron chi connectivity index (χ2n) is 11.9. The zero-order chi connectivity index (χ0) is 25.8. The lowest BCUT2D eigenvalue weighted by molar-refractivity contribution is -0.216. The summed E-state index contributed by atoms with van der Waals surface area (Å²) in [5, 5.41) is 33.7. The van der Waals surface area contributed by atoms with E-state index in [1.165, 1.54) is 6.08 Å². The van der Waals surface area contributed by atoms with E-state index in [1.54, 1.807) is 19.1 Å². The van der Waals surface area contributed by atoms with Crippen molar-refractivity contribution in [1.29, 1.82) is 0 Å². The van der Waals surface area contributed by atoms with Gasteiger partial charge >= 0.3 is 5.97 Å². The first kappa shape index (κ1) is 25.8. The molecule has 1 aromatic rings. The molecule has 6 heteroatoms. The van der Waals surface area contributed by atoms with Crippen LogP contribution in [0, 0.1) is 28.1 Å². The van der Waals surface area contributed by atoms with Crippen LogP contribution in [0.25, 0.3) is 6.08 Å². The van der Waals surface area contributed by atoms with Gasteiger partial charge in [-0.1, -0.05) is 70.2 Å². The minimum absolute atomic E-state index is 0.144. The summed E-state index contributed by atoms with van der Waals surface area (Å²) in [6.45, 7) is 9.29. The van der Waals surface area contributed by atoms with Crippen LogP contribution in [0.1, 0.15) is 59.4 Å². The molecule has 8 atom stereocenters. The quantitative estimate of drug-likeness (QED) is 0.345. The van der Waals surface area contributed by atoms with E-state index in [2.05, 4.69) is 0 Å². The van der Waals surface area contributed by atoms with Crippen LogP contribution in [0.15, 0.2) is 48.6 Å². The fourth-order valence-corrected chi connectivity index (χ4v) is 6.53. The fourth-order valence-electron chi connectivity index (χ4n) is 6.53. The van der Waals surface area contributed by atoms with E-state index in [9.17, 15) is 24.9 Å². The third kappa shape index (κ3) is 3.90. The molecule has 0 aromatic heterocycles. The second kappa shape index (κ2) is 8.68. The van der Waals surface area contributed by atoms with E-state index >= 15 is 0 Å². The van der Waals surface area contributed by atoms with Gasteiger partial charge in [-0.15, -0.1) is 0 Å². The molecule has 0 heterocycles. The number of hydrogen-bond donors (Lipinski definition) is 3. The average molecular weight is 483 g/mol. The van der Waals surface area contributed by atoms with Gasteiger partial charge in [-0.25, -0.2) is 4.79 Å². The van der Waals surface area contributed by atoms with Gasteiger partial charge in [-0.05, 0) is 37.3 Å². The number of aliphatic hydroxyl groups excluding tert-OH is 3. The van der Waals surface area contributed by atoms with Crippen molar-refractivity contribution >= 4 is 17.8 Å². The van der Waals surface area contributed by atoms with Crippen molar-refractivity contribution in [2.45, 2.75) is 77.8 Å². The lowest BCUT2D eigenvalue weighted by Crippen LogP contribution is -2.70. The zero-order valence-electron chi connectivity index (χ0n) is 21.3. The molecular weight excluding hydrogens is 444 g/mol. The number of Topliss-reactive ketones (excluding diaryl/α,β-unsaturated/α-hetero) is 1. The van der Waals surface area contributed by atoms with Crippen molar-refractivity contribution in [2.75, 3.05) is 0 Å². The molecule has 1 aromatic carbocycles. The Labute approximate surface area is 207 Å². The summed E-state index contributed by atoms with van der Waals surface area (Å²) in [5.41, 5.74) is -3.50. The summed E-state index contributed by atoms with van der Waals surface area (Å²) < 4.78 is 5.97. The molecule has 35 heavy (non-hydrogen) atoms. The minimum Gasteiger partial charge on any atom is -0.447 e. The molecular formula is C29H38O6. The molecule has 0 amide bonds. The van der Waals surface area contributed by atoms with Crippen molar-refractivity contribution < 1.29 is 29.6 Å². The molecule has 0 spiro atoms. The molecule has 6 nitrogen and oxygen atoms in total. The lowest BCUT2D eigenvalue weighted by Gasteiger charge is -2.59. The fraction of sp³-hybridized carbons (Fsp3) is 0.586. The van der Waals surface area contributed by atoms with Gasteiger partial charge in [0.1, 0.15) is 0 Å². The van der Waals surface area contributed by atoms with Crippen molar-refractivity contribution in [1.82, 2.24) is 0 Å². The van der Waals surface area contributed by atoms with Crippen LogP contribution in [0.5, 0.6) is 0 Å². The molecule has 2 fully saturated rings. The molecule has 0 saturated heterocycles. The van der Waals surface area contributed by atoms with Gasteiger partial charge in [0.15, 0.2) is 11.4 Å². The van der Waals surface area contributed by atoms with E-state index in [1.807, 2.05) is 64.1 Å². The van der Waals surface area contributed by atoms with E-state index < -0.39 is 52.0 Å². The molecule has 190 valence electrons. The summed E-state index contributed by atoms with van der Waals surface area (Å²) in [4.78, 5) is 27.5. The van der Waals surface area contributed by atoms with Crippen molar-refractivity contribution in [3.8, 4) is 0 Å². The summed E-state index contributed by atoms with van der Waals surface area (Å²) >= 11 is 0. The molecule has 0 radical (unpaired) electrons. The van der Waals surface area contributed by atoms with Gasteiger partial charge < -0.3 is 20.1 Å². The van der Waals surface area contributed by atoms with Gasteiger partial charge in [0.2, 0.25) is 0 Å². The highest BCUT2D eigenvalue weighted by Gasteiger charge is 2.74. The molecule has 0 unspecified atom stereocenters. The number of carbonyl (C=O) groups is 2. The number of rotatable bonds is 3. The van der Waals surface area contributed by atoms with Gasteiger partial charge in [0, 0.05) is 23.3 Å². The van der Waals surface area contributed by atoms with Crippen molar-refractivity contribution in [2.24, 2.45) is 28.1 Å². The Hall–Kier alpha value is -2.28. The number of hydrogen-bond acceptors (Lipinski definition) is 6. The smallest absolute Gasteiger partial charge is 0.331 e. The second-order valence-corrected chi connectivity index (χ2v) is 11.9. The molecule has 2 saturated carbocycles.